The molecule has 0 spiro atoms. The van der Waals surface area contributed by atoms with Crippen LogP contribution in [0.1, 0.15) is 45.6 Å². The van der Waals surface area contributed by atoms with Crippen molar-refractivity contribution < 1.29 is 9.53 Å². The number of nitrogens with one attached hydrogen (secondary N) is 1. The van der Waals surface area contributed by atoms with Gasteiger partial charge in [-0.3, -0.25) is 4.79 Å². The Morgan fingerprint density at radius 3 is 2.16 bits per heavy atom. The zero-order valence-electron chi connectivity index (χ0n) is 12.4. The lowest BCUT2D eigenvalue weighted by atomic mass is 10.1. The lowest BCUT2D eigenvalue weighted by Crippen LogP contribution is -2.43. The zero-order valence-corrected chi connectivity index (χ0v) is 12.4. The highest BCUT2D eigenvalue weighted by Crippen LogP contribution is 2.15. The summed E-state index contributed by atoms with van der Waals surface area (Å²) in [5.74, 6) is 0.730. The Hall–Kier alpha value is -1.51. The van der Waals surface area contributed by atoms with E-state index in [1.807, 2.05) is 38.1 Å². The summed E-state index contributed by atoms with van der Waals surface area (Å²) in [6.07, 6.45) is 2.15. The van der Waals surface area contributed by atoms with Gasteiger partial charge in [0.15, 0.2) is 6.10 Å². The zero-order chi connectivity index (χ0) is 14.3. The Labute approximate surface area is 116 Å². The molecule has 0 bridgehead atoms. The van der Waals surface area contributed by atoms with Gasteiger partial charge in [0.1, 0.15) is 5.75 Å². The first-order valence-corrected chi connectivity index (χ1v) is 7.14. The predicted molar refractivity (Wildman–Crippen MR) is 78.4 cm³/mol. The molecule has 1 aromatic carbocycles. The number of benzene rings is 1. The van der Waals surface area contributed by atoms with Crippen molar-refractivity contribution in [3.63, 3.8) is 0 Å². The van der Waals surface area contributed by atoms with E-state index in [1.54, 1.807) is 0 Å². The normalized spacial score (nSPS) is 12.3. The summed E-state index contributed by atoms with van der Waals surface area (Å²) in [4.78, 5) is 12.1. The second kappa shape index (κ2) is 7.82. The number of carbonyl (C=O) groups is 1. The van der Waals surface area contributed by atoms with Crippen molar-refractivity contribution in [2.45, 2.75) is 59.1 Å². The third kappa shape index (κ3) is 4.93. The van der Waals surface area contributed by atoms with E-state index >= 15 is 0 Å². The molecule has 0 aliphatic heterocycles. The predicted octanol–water partition coefficient (Wildman–Crippen LogP) is 3.46. The van der Waals surface area contributed by atoms with Crippen molar-refractivity contribution in [3.05, 3.63) is 29.8 Å². The fourth-order valence-corrected chi connectivity index (χ4v) is 1.89. The van der Waals surface area contributed by atoms with Crippen LogP contribution >= 0.6 is 0 Å². The highest BCUT2D eigenvalue weighted by Gasteiger charge is 2.20. The molecule has 1 aromatic rings. The molecule has 0 aromatic heterocycles. The Bertz CT molecular complexity index is 382. The van der Waals surface area contributed by atoms with Crippen LogP contribution in [0.5, 0.6) is 5.75 Å². The van der Waals surface area contributed by atoms with Crippen LogP contribution in [-0.4, -0.2) is 18.1 Å². The van der Waals surface area contributed by atoms with E-state index in [2.05, 4.69) is 19.2 Å². The molecule has 0 aliphatic carbocycles. The summed E-state index contributed by atoms with van der Waals surface area (Å²) in [6, 6.07) is 8.02. The highest BCUT2D eigenvalue weighted by molar-refractivity contribution is 5.81. The summed E-state index contributed by atoms with van der Waals surface area (Å²) in [7, 11) is 0. The molecular weight excluding hydrogens is 238 g/mol. The van der Waals surface area contributed by atoms with Gasteiger partial charge >= 0.3 is 0 Å². The Morgan fingerprint density at radius 2 is 1.68 bits per heavy atom. The molecule has 0 radical (unpaired) electrons. The Morgan fingerprint density at radius 1 is 1.11 bits per heavy atom. The maximum absolute atomic E-state index is 12.1. The van der Waals surface area contributed by atoms with Crippen molar-refractivity contribution in [1.82, 2.24) is 5.32 Å². The van der Waals surface area contributed by atoms with Crippen LogP contribution in [0.4, 0.5) is 0 Å². The van der Waals surface area contributed by atoms with Gasteiger partial charge in [0.25, 0.3) is 5.91 Å². The molecule has 0 saturated heterocycles. The van der Waals surface area contributed by atoms with Crippen LogP contribution in [-0.2, 0) is 4.79 Å². The second-order valence-electron chi connectivity index (χ2n) is 4.85. The lowest BCUT2D eigenvalue weighted by Gasteiger charge is -2.21. The fourth-order valence-electron chi connectivity index (χ4n) is 1.89. The molecule has 0 heterocycles. The summed E-state index contributed by atoms with van der Waals surface area (Å²) >= 11 is 0. The summed E-state index contributed by atoms with van der Waals surface area (Å²) < 4.78 is 5.76. The topological polar surface area (TPSA) is 38.3 Å². The van der Waals surface area contributed by atoms with E-state index < -0.39 is 6.10 Å². The molecular formula is C16H25NO2. The molecule has 1 atom stereocenters. The maximum Gasteiger partial charge on any atom is 0.261 e. The first-order valence-electron chi connectivity index (χ1n) is 7.14. The van der Waals surface area contributed by atoms with Crippen LogP contribution in [0.15, 0.2) is 24.3 Å². The third-order valence-electron chi connectivity index (χ3n) is 3.29. The van der Waals surface area contributed by atoms with Crippen LogP contribution in [0.3, 0.4) is 0 Å². The standard InChI is InChI=1S/C16H25NO2/c1-5-13(6-2)17-16(18)15(7-3)19-14-10-8-12(4)9-11-14/h8-11,13,15H,5-7H2,1-4H3,(H,17,18). The second-order valence-corrected chi connectivity index (χ2v) is 4.85. The average molecular weight is 263 g/mol. The number of hydrogen-bond donors (Lipinski definition) is 1. The first kappa shape index (κ1) is 15.5. The van der Waals surface area contributed by atoms with Gasteiger partial charge in [-0.25, -0.2) is 0 Å². The molecule has 0 saturated carbocycles. The molecule has 3 nitrogen and oxygen atoms in total. The smallest absolute Gasteiger partial charge is 0.261 e. The van der Waals surface area contributed by atoms with Crippen LogP contribution < -0.4 is 10.1 Å². The number of aryl methyl sites for hydroxylation is 1. The number of hydrogen-bond acceptors (Lipinski definition) is 2. The fraction of sp³-hybridized carbons (Fsp3) is 0.562. The van der Waals surface area contributed by atoms with Crippen molar-refractivity contribution in [1.29, 1.82) is 0 Å². The maximum atomic E-state index is 12.1. The van der Waals surface area contributed by atoms with Gasteiger partial charge in [-0.1, -0.05) is 38.5 Å². The lowest BCUT2D eigenvalue weighted by molar-refractivity contribution is -0.128. The van der Waals surface area contributed by atoms with Crippen LogP contribution in [0.25, 0.3) is 0 Å². The van der Waals surface area contributed by atoms with E-state index in [9.17, 15) is 4.79 Å². The summed E-state index contributed by atoms with van der Waals surface area (Å²) in [6.45, 7) is 8.15. The number of ether oxygens (including phenoxy) is 1. The van der Waals surface area contributed by atoms with Crippen molar-refractivity contribution in [2.75, 3.05) is 0 Å². The molecule has 0 aliphatic rings. The Balaban J connectivity index is 2.62. The van der Waals surface area contributed by atoms with Gasteiger partial charge in [-0.15, -0.1) is 0 Å². The summed E-state index contributed by atoms with van der Waals surface area (Å²) in [5, 5.41) is 3.04. The van der Waals surface area contributed by atoms with Crippen molar-refractivity contribution >= 4 is 5.91 Å². The first-order chi connectivity index (χ1) is 9.10. The van der Waals surface area contributed by atoms with Crippen LogP contribution in [0.2, 0.25) is 0 Å². The SMILES string of the molecule is CCC(CC)NC(=O)C(CC)Oc1ccc(C)cc1. The van der Waals surface area contributed by atoms with Gasteiger partial charge in [0, 0.05) is 6.04 Å². The third-order valence-corrected chi connectivity index (χ3v) is 3.29. The van der Waals surface area contributed by atoms with E-state index in [4.69, 9.17) is 4.74 Å². The highest BCUT2D eigenvalue weighted by atomic mass is 16.5. The molecule has 3 heteroatoms. The molecule has 0 fully saturated rings. The van der Waals surface area contributed by atoms with Gasteiger partial charge < -0.3 is 10.1 Å². The minimum absolute atomic E-state index is 0.0169. The molecule has 1 rings (SSSR count). The quantitative estimate of drug-likeness (QED) is 0.818. The van der Waals surface area contributed by atoms with E-state index in [-0.39, 0.29) is 11.9 Å². The minimum atomic E-state index is -0.414. The van der Waals surface area contributed by atoms with Crippen molar-refractivity contribution in [2.24, 2.45) is 0 Å². The van der Waals surface area contributed by atoms with Gasteiger partial charge in [-0.2, -0.15) is 0 Å². The number of rotatable bonds is 7. The van der Waals surface area contributed by atoms with E-state index in [1.165, 1.54) is 5.56 Å². The number of carbonyl (C=O) groups excluding carboxylic acids is 1. The minimum Gasteiger partial charge on any atom is -0.481 e. The largest absolute Gasteiger partial charge is 0.481 e. The molecule has 1 amide bonds. The van der Waals surface area contributed by atoms with Gasteiger partial charge in [0.2, 0.25) is 0 Å². The van der Waals surface area contributed by atoms with E-state index in [0.29, 0.717) is 6.42 Å². The molecule has 19 heavy (non-hydrogen) atoms. The van der Waals surface area contributed by atoms with Crippen LogP contribution in [0, 0.1) is 6.92 Å². The molecule has 1 unspecified atom stereocenters. The average Bonchev–Trinajstić information content (AvgIpc) is 2.43. The molecule has 106 valence electrons. The summed E-state index contributed by atoms with van der Waals surface area (Å²) in [5.41, 5.74) is 1.18. The van der Waals surface area contributed by atoms with Gasteiger partial charge in [0.05, 0.1) is 0 Å². The van der Waals surface area contributed by atoms with E-state index in [0.717, 1.165) is 18.6 Å². The van der Waals surface area contributed by atoms with Crippen molar-refractivity contribution in [3.8, 4) is 5.75 Å². The van der Waals surface area contributed by atoms with Gasteiger partial charge in [-0.05, 0) is 38.3 Å². The monoisotopic (exact) mass is 263 g/mol. The Kier molecular flexibility index (Phi) is 6.40. The number of amides is 1. The molecule has 1 N–H and O–H groups in total.